The van der Waals surface area contributed by atoms with Gasteiger partial charge in [0.05, 0.1) is 15.7 Å². The van der Waals surface area contributed by atoms with E-state index in [-0.39, 0.29) is 0 Å². The van der Waals surface area contributed by atoms with Gasteiger partial charge in [-0.05, 0) is 35.7 Å². The molecule has 2 aromatic rings. The second kappa shape index (κ2) is 3.97. The highest BCUT2D eigenvalue weighted by Gasteiger charge is 2.24. The maximum atomic E-state index is 12.5. The summed E-state index contributed by atoms with van der Waals surface area (Å²) in [5.74, 6) is 0. The van der Waals surface area contributed by atoms with Crippen molar-refractivity contribution in [3.8, 4) is 0 Å². The average molecular weight is 263 g/mol. The first-order valence-electron chi connectivity index (χ1n) is 5.46. The molecule has 0 saturated carbocycles. The predicted molar refractivity (Wildman–Crippen MR) is 70.1 cm³/mol. The van der Waals surface area contributed by atoms with E-state index < -0.39 is 10.8 Å². The molecule has 1 heterocycles. The van der Waals surface area contributed by atoms with Gasteiger partial charge in [-0.25, -0.2) is 4.21 Å². The molecule has 0 fully saturated rings. The minimum Gasteiger partial charge on any atom is -0.249 e. The Hall–Kier alpha value is -1.12. The van der Waals surface area contributed by atoms with Gasteiger partial charge in [0.25, 0.3) is 0 Å². The van der Waals surface area contributed by atoms with Gasteiger partial charge < -0.3 is 0 Å². The highest BCUT2D eigenvalue weighted by atomic mass is 35.5. The lowest BCUT2D eigenvalue weighted by molar-refractivity contribution is 0.679. The Kier molecular flexibility index (Phi) is 2.57. The van der Waals surface area contributed by atoms with E-state index in [9.17, 15) is 4.21 Å². The lowest BCUT2D eigenvalue weighted by Gasteiger charge is -2.21. The van der Waals surface area contributed by atoms with E-state index in [0.717, 1.165) is 32.9 Å². The van der Waals surface area contributed by atoms with Crippen molar-refractivity contribution >= 4 is 22.4 Å². The Morgan fingerprint density at radius 3 is 2.76 bits per heavy atom. The number of hydrogen-bond donors (Lipinski definition) is 0. The van der Waals surface area contributed by atoms with Gasteiger partial charge in [-0.15, -0.1) is 0 Å². The smallest absolute Gasteiger partial charge is 0.0858 e. The summed E-state index contributed by atoms with van der Waals surface area (Å²) >= 11 is 6.21. The van der Waals surface area contributed by atoms with Gasteiger partial charge in [0.15, 0.2) is 0 Å². The average Bonchev–Trinajstić information content (AvgIpc) is 2.34. The third-order valence-electron chi connectivity index (χ3n) is 3.13. The van der Waals surface area contributed by atoms with E-state index in [1.807, 2.05) is 43.3 Å². The number of rotatable bonds is 0. The van der Waals surface area contributed by atoms with E-state index in [1.54, 1.807) is 0 Å². The Labute approximate surface area is 108 Å². The second-order valence-electron chi connectivity index (χ2n) is 4.23. The fourth-order valence-electron chi connectivity index (χ4n) is 2.27. The van der Waals surface area contributed by atoms with Crippen molar-refractivity contribution in [2.24, 2.45) is 0 Å². The Morgan fingerprint density at radius 2 is 1.94 bits per heavy atom. The van der Waals surface area contributed by atoms with Gasteiger partial charge in [-0.1, -0.05) is 35.9 Å². The molecule has 0 bridgehead atoms. The first kappa shape index (κ1) is 11.0. The molecular formula is C14H11ClOS. The SMILES string of the molecule is Cc1ccc(Cl)c2c1S(=O)c1ccccc1C2. The summed E-state index contributed by atoms with van der Waals surface area (Å²) in [6.45, 7) is 1.99. The molecule has 0 radical (unpaired) electrons. The normalized spacial score (nSPS) is 17.4. The van der Waals surface area contributed by atoms with Crippen LogP contribution in [0, 0.1) is 6.92 Å². The molecule has 0 aromatic heterocycles. The number of benzene rings is 2. The number of hydrogen-bond acceptors (Lipinski definition) is 1. The lowest BCUT2D eigenvalue weighted by Crippen LogP contribution is -2.11. The lowest BCUT2D eigenvalue weighted by atomic mass is 10.0. The van der Waals surface area contributed by atoms with Crippen LogP contribution in [0.1, 0.15) is 16.7 Å². The summed E-state index contributed by atoms with van der Waals surface area (Å²) in [7, 11) is -1.10. The molecule has 1 nitrogen and oxygen atoms in total. The molecule has 0 aliphatic carbocycles. The molecule has 17 heavy (non-hydrogen) atoms. The molecule has 86 valence electrons. The predicted octanol–water partition coefficient (Wildman–Crippen LogP) is 3.72. The molecule has 3 rings (SSSR count). The van der Waals surface area contributed by atoms with Crippen molar-refractivity contribution in [1.29, 1.82) is 0 Å². The zero-order chi connectivity index (χ0) is 12.0. The van der Waals surface area contributed by atoms with Crippen LogP contribution in [0.15, 0.2) is 46.2 Å². The van der Waals surface area contributed by atoms with Gasteiger partial charge in [0.2, 0.25) is 0 Å². The van der Waals surface area contributed by atoms with Gasteiger partial charge >= 0.3 is 0 Å². The van der Waals surface area contributed by atoms with E-state index in [1.165, 1.54) is 0 Å². The Morgan fingerprint density at radius 1 is 1.18 bits per heavy atom. The summed E-state index contributed by atoms with van der Waals surface area (Å²) in [5, 5.41) is 0.716. The third-order valence-corrected chi connectivity index (χ3v) is 5.22. The van der Waals surface area contributed by atoms with Crippen molar-refractivity contribution in [3.05, 3.63) is 58.1 Å². The third kappa shape index (κ3) is 1.63. The second-order valence-corrected chi connectivity index (χ2v) is 6.02. The summed E-state index contributed by atoms with van der Waals surface area (Å²) in [5.41, 5.74) is 3.19. The van der Waals surface area contributed by atoms with Crippen LogP contribution in [0.2, 0.25) is 5.02 Å². The molecule has 1 aliphatic heterocycles. The zero-order valence-corrected chi connectivity index (χ0v) is 10.9. The fraction of sp³-hybridized carbons (Fsp3) is 0.143. The van der Waals surface area contributed by atoms with Crippen LogP contribution in [-0.2, 0) is 17.2 Å². The molecule has 0 amide bonds. The van der Waals surface area contributed by atoms with Crippen LogP contribution >= 0.6 is 11.6 Å². The van der Waals surface area contributed by atoms with Crippen molar-refractivity contribution in [1.82, 2.24) is 0 Å². The minimum atomic E-state index is -1.10. The van der Waals surface area contributed by atoms with Crippen LogP contribution < -0.4 is 0 Å². The molecule has 1 unspecified atom stereocenters. The molecule has 1 aliphatic rings. The van der Waals surface area contributed by atoms with Crippen LogP contribution in [-0.4, -0.2) is 4.21 Å². The molecule has 2 aromatic carbocycles. The fourth-order valence-corrected chi connectivity index (χ4v) is 4.12. The monoisotopic (exact) mass is 262 g/mol. The highest BCUT2D eigenvalue weighted by Crippen LogP contribution is 2.36. The topological polar surface area (TPSA) is 17.1 Å². The van der Waals surface area contributed by atoms with Crippen LogP contribution in [0.4, 0.5) is 0 Å². The largest absolute Gasteiger partial charge is 0.249 e. The van der Waals surface area contributed by atoms with Crippen LogP contribution in [0.25, 0.3) is 0 Å². The quantitative estimate of drug-likeness (QED) is 0.604. The van der Waals surface area contributed by atoms with E-state index in [0.29, 0.717) is 5.02 Å². The zero-order valence-electron chi connectivity index (χ0n) is 9.37. The first-order valence-corrected chi connectivity index (χ1v) is 6.99. The van der Waals surface area contributed by atoms with E-state index >= 15 is 0 Å². The first-order chi connectivity index (χ1) is 8.18. The van der Waals surface area contributed by atoms with Crippen molar-refractivity contribution in [3.63, 3.8) is 0 Å². The number of aryl methyl sites for hydroxylation is 1. The molecule has 0 N–H and O–H groups in total. The molecule has 3 heteroatoms. The van der Waals surface area contributed by atoms with E-state index in [4.69, 9.17) is 11.6 Å². The summed E-state index contributed by atoms with van der Waals surface area (Å²) < 4.78 is 12.5. The molecule has 0 saturated heterocycles. The van der Waals surface area contributed by atoms with Gasteiger partial charge in [0, 0.05) is 16.3 Å². The molecule has 0 spiro atoms. The standard InChI is InChI=1S/C14H11ClOS/c1-9-6-7-12(15)11-8-10-4-2-3-5-13(10)17(16)14(9)11/h2-7H,8H2,1H3. The maximum Gasteiger partial charge on any atom is 0.0858 e. The summed E-state index contributed by atoms with van der Waals surface area (Å²) in [4.78, 5) is 1.82. The van der Waals surface area contributed by atoms with Crippen molar-refractivity contribution in [2.45, 2.75) is 23.1 Å². The van der Waals surface area contributed by atoms with Gasteiger partial charge in [0.1, 0.15) is 0 Å². The Balaban J connectivity index is 2.30. The van der Waals surface area contributed by atoms with Gasteiger partial charge in [-0.3, -0.25) is 0 Å². The summed E-state index contributed by atoms with van der Waals surface area (Å²) in [6.07, 6.45) is 0.776. The molecular weight excluding hydrogens is 252 g/mol. The molecule has 1 atom stereocenters. The highest BCUT2D eigenvalue weighted by molar-refractivity contribution is 7.85. The summed E-state index contributed by atoms with van der Waals surface area (Å²) in [6, 6.07) is 11.7. The number of fused-ring (bicyclic) bond motifs is 2. The Bertz CT molecular complexity index is 634. The number of halogens is 1. The van der Waals surface area contributed by atoms with E-state index in [2.05, 4.69) is 0 Å². The van der Waals surface area contributed by atoms with Crippen molar-refractivity contribution < 1.29 is 4.21 Å². The van der Waals surface area contributed by atoms with Crippen molar-refractivity contribution in [2.75, 3.05) is 0 Å². The minimum absolute atomic E-state index is 0.716. The van der Waals surface area contributed by atoms with Gasteiger partial charge in [-0.2, -0.15) is 0 Å². The maximum absolute atomic E-state index is 12.5. The van der Waals surface area contributed by atoms with Crippen LogP contribution in [0.5, 0.6) is 0 Å². The van der Waals surface area contributed by atoms with Crippen LogP contribution in [0.3, 0.4) is 0 Å².